The van der Waals surface area contributed by atoms with Crippen LogP contribution < -0.4 is 0 Å². The van der Waals surface area contributed by atoms with Gasteiger partial charge in [-0.05, 0) is 51.0 Å². The number of allylic oxidation sites excluding steroid dienone is 1. The van der Waals surface area contributed by atoms with Crippen LogP contribution in [0, 0.1) is 28.1 Å². The van der Waals surface area contributed by atoms with Gasteiger partial charge >= 0.3 is 11.9 Å². The van der Waals surface area contributed by atoms with E-state index in [1.807, 2.05) is 32.9 Å². The standard InChI is InChI=1S/C26H30O7/c1-22(2)16-12-17(27)25(5)15(23(16,3)9-7-18(28)32-22)6-10-24(4)19(14-8-11-30-13-14)31-21(29)20-26(24,25)33-20/h7-9,11,13,15-16,19-20H,6,10,12H2,1-5H3/t15-,16-,19+,20-,23+,24-,25+,26-/m1/s1. The smallest absolute Gasteiger partial charge is 0.339 e. The van der Waals surface area contributed by atoms with Crippen molar-refractivity contribution in [3.8, 4) is 0 Å². The quantitative estimate of drug-likeness (QED) is 0.469. The van der Waals surface area contributed by atoms with Crippen LogP contribution >= 0.6 is 0 Å². The lowest BCUT2D eigenvalue weighted by atomic mass is 9.37. The minimum atomic E-state index is -0.958. The van der Waals surface area contributed by atoms with Crippen LogP contribution in [0.25, 0.3) is 0 Å². The van der Waals surface area contributed by atoms with Crippen LogP contribution in [-0.2, 0) is 28.6 Å². The zero-order chi connectivity index (χ0) is 23.6. The largest absolute Gasteiger partial charge is 0.472 e. The van der Waals surface area contributed by atoms with Gasteiger partial charge in [-0.1, -0.05) is 19.9 Å². The van der Waals surface area contributed by atoms with E-state index in [0.717, 1.165) is 12.0 Å². The van der Waals surface area contributed by atoms with Gasteiger partial charge in [-0.25, -0.2) is 9.59 Å². The van der Waals surface area contributed by atoms with Gasteiger partial charge in [0.15, 0.2) is 6.10 Å². The summed E-state index contributed by atoms with van der Waals surface area (Å²) in [6, 6.07) is 1.81. The highest BCUT2D eigenvalue weighted by atomic mass is 16.7. The minimum Gasteiger partial charge on any atom is -0.472 e. The van der Waals surface area contributed by atoms with Gasteiger partial charge < -0.3 is 18.6 Å². The van der Waals surface area contributed by atoms with E-state index in [0.29, 0.717) is 6.42 Å². The fourth-order valence-electron chi connectivity index (χ4n) is 8.49. The first-order chi connectivity index (χ1) is 15.4. The predicted molar refractivity (Wildman–Crippen MR) is 115 cm³/mol. The molecule has 0 unspecified atom stereocenters. The highest BCUT2D eigenvalue weighted by Crippen LogP contribution is 2.78. The third kappa shape index (κ3) is 2.23. The molecule has 2 saturated carbocycles. The number of cyclic esters (lactones) is 2. The fourth-order valence-corrected chi connectivity index (χ4v) is 8.49. The monoisotopic (exact) mass is 454 g/mol. The third-order valence-electron chi connectivity index (χ3n) is 10.0. The average Bonchev–Trinajstić information content (AvgIpc) is 3.33. The molecular weight excluding hydrogens is 424 g/mol. The van der Waals surface area contributed by atoms with Crippen molar-refractivity contribution in [1.29, 1.82) is 0 Å². The van der Waals surface area contributed by atoms with Crippen molar-refractivity contribution in [3.05, 3.63) is 36.3 Å². The highest BCUT2D eigenvalue weighted by molar-refractivity contribution is 5.93. The van der Waals surface area contributed by atoms with Gasteiger partial charge in [0.25, 0.3) is 0 Å². The summed E-state index contributed by atoms with van der Waals surface area (Å²) in [5, 5.41) is 0. The summed E-state index contributed by atoms with van der Waals surface area (Å²) in [5.74, 6) is -1.02. The van der Waals surface area contributed by atoms with Crippen molar-refractivity contribution < 1.29 is 33.0 Å². The van der Waals surface area contributed by atoms with E-state index in [4.69, 9.17) is 18.6 Å². The normalized spacial score (nSPS) is 49.5. The average molecular weight is 455 g/mol. The molecule has 2 aliphatic carbocycles. The maximum absolute atomic E-state index is 14.1. The van der Waals surface area contributed by atoms with Crippen molar-refractivity contribution in [3.63, 3.8) is 0 Å². The number of fused-ring (bicyclic) bond motifs is 3. The predicted octanol–water partition coefficient (Wildman–Crippen LogP) is 3.92. The van der Waals surface area contributed by atoms with E-state index in [2.05, 4.69) is 13.8 Å². The number of epoxide rings is 1. The van der Waals surface area contributed by atoms with Crippen molar-refractivity contribution in [2.75, 3.05) is 0 Å². The van der Waals surface area contributed by atoms with E-state index in [1.165, 1.54) is 6.08 Å². The van der Waals surface area contributed by atoms with Crippen LogP contribution in [0.5, 0.6) is 0 Å². The van der Waals surface area contributed by atoms with Gasteiger partial charge in [-0.15, -0.1) is 0 Å². The SMILES string of the molecule is CC1(C)OC(=O)C=C[C@]2(C)[C@@H]1CC(=O)[C@]1(C)[C@@H]2CC[C@]2(C)[C@H](c3ccoc3)OC(=O)[C@H]3O[C@]321. The Morgan fingerprint density at radius 3 is 2.45 bits per heavy atom. The number of ether oxygens (including phenoxy) is 3. The molecule has 1 aromatic rings. The van der Waals surface area contributed by atoms with Crippen molar-refractivity contribution >= 4 is 17.7 Å². The molecule has 1 aromatic heterocycles. The summed E-state index contributed by atoms with van der Waals surface area (Å²) in [6.07, 6.45) is 7.04. The molecule has 5 aliphatic rings. The Hall–Kier alpha value is -2.41. The molecule has 7 nitrogen and oxygen atoms in total. The van der Waals surface area contributed by atoms with Gasteiger partial charge in [-0.2, -0.15) is 0 Å². The first-order valence-electron chi connectivity index (χ1n) is 11.8. The van der Waals surface area contributed by atoms with E-state index in [9.17, 15) is 14.4 Å². The Labute approximate surface area is 192 Å². The van der Waals surface area contributed by atoms with E-state index in [-0.39, 0.29) is 30.0 Å². The molecule has 4 heterocycles. The van der Waals surface area contributed by atoms with Crippen LogP contribution in [0.3, 0.4) is 0 Å². The fraction of sp³-hybridized carbons (Fsp3) is 0.654. The Kier molecular flexibility index (Phi) is 3.83. The molecule has 7 heteroatoms. The number of rotatable bonds is 1. The molecule has 4 fully saturated rings. The number of Topliss-reactive ketones (excluding diaryl/α,β-unsaturated/α-hetero) is 1. The number of carbonyl (C=O) groups excluding carboxylic acids is 3. The maximum atomic E-state index is 14.1. The van der Waals surface area contributed by atoms with Crippen molar-refractivity contribution in [2.24, 2.45) is 28.1 Å². The first kappa shape index (κ1) is 21.1. The molecule has 6 rings (SSSR count). The number of hydrogen-bond acceptors (Lipinski definition) is 7. The number of furan rings is 1. The molecule has 1 spiro atoms. The molecule has 0 bridgehead atoms. The molecule has 176 valence electrons. The summed E-state index contributed by atoms with van der Waals surface area (Å²) in [4.78, 5) is 39.6. The molecule has 3 aliphatic heterocycles. The number of carbonyl (C=O) groups is 3. The van der Waals surface area contributed by atoms with Crippen LogP contribution in [-0.4, -0.2) is 35.0 Å². The molecule has 8 atom stereocenters. The number of ketones is 1. The molecule has 0 amide bonds. The summed E-state index contributed by atoms with van der Waals surface area (Å²) >= 11 is 0. The summed E-state index contributed by atoms with van der Waals surface area (Å²) in [5.41, 5.74) is -2.94. The third-order valence-corrected chi connectivity index (χ3v) is 10.0. The lowest BCUT2D eigenvalue weighted by Crippen LogP contribution is -2.71. The highest BCUT2D eigenvalue weighted by Gasteiger charge is 2.88. The second-order valence-corrected chi connectivity index (χ2v) is 11.7. The summed E-state index contributed by atoms with van der Waals surface area (Å²) in [6.45, 7) is 9.99. The topological polar surface area (TPSA) is 95.3 Å². The van der Waals surface area contributed by atoms with E-state index < -0.39 is 45.6 Å². The molecule has 0 aromatic carbocycles. The second-order valence-electron chi connectivity index (χ2n) is 11.7. The van der Waals surface area contributed by atoms with Crippen LogP contribution in [0.15, 0.2) is 35.2 Å². The summed E-state index contributed by atoms with van der Waals surface area (Å²) in [7, 11) is 0. The zero-order valence-electron chi connectivity index (χ0n) is 19.7. The van der Waals surface area contributed by atoms with Crippen molar-refractivity contribution in [1.82, 2.24) is 0 Å². The van der Waals surface area contributed by atoms with Gasteiger partial charge in [0, 0.05) is 29.4 Å². The Morgan fingerprint density at radius 2 is 1.76 bits per heavy atom. The molecule has 0 N–H and O–H groups in total. The van der Waals surface area contributed by atoms with E-state index in [1.54, 1.807) is 12.5 Å². The van der Waals surface area contributed by atoms with Crippen LogP contribution in [0.1, 0.15) is 65.5 Å². The number of hydrogen-bond donors (Lipinski definition) is 0. The van der Waals surface area contributed by atoms with Crippen LogP contribution in [0.4, 0.5) is 0 Å². The lowest BCUT2D eigenvalue weighted by molar-refractivity contribution is -0.215. The number of esters is 2. The second kappa shape index (κ2) is 5.98. The van der Waals surface area contributed by atoms with Crippen LogP contribution in [0.2, 0.25) is 0 Å². The van der Waals surface area contributed by atoms with Crippen molar-refractivity contribution in [2.45, 2.75) is 77.3 Å². The van der Waals surface area contributed by atoms with Gasteiger partial charge in [-0.3, -0.25) is 4.79 Å². The molecular formula is C26H30O7. The molecule has 2 saturated heterocycles. The van der Waals surface area contributed by atoms with Gasteiger partial charge in [0.2, 0.25) is 0 Å². The first-order valence-corrected chi connectivity index (χ1v) is 11.8. The molecule has 0 radical (unpaired) electrons. The van der Waals surface area contributed by atoms with Gasteiger partial charge in [0.05, 0.1) is 17.9 Å². The minimum absolute atomic E-state index is 0.0727. The molecule has 33 heavy (non-hydrogen) atoms. The Bertz CT molecular complexity index is 1100. The lowest BCUT2D eigenvalue weighted by Gasteiger charge is -2.64. The van der Waals surface area contributed by atoms with Gasteiger partial charge in [0.1, 0.15) is 23.1 Å². The summed E-state index contributed by atoms with van der Waals surface area (Å²) < 4.78 is 23.3. The zero-order valence-corrected chi connectivity index (χ0v) is 19.7. The Morgan fingerprint density at radius 1 is 1.00 bits per heavy atom. The van der Waals surface area contributed by atoms with E-state index >= 15 is 0 Å². The maximum Gasteiger partial charge on any atom is 0.339 e. The Balaban J connectivity index is 1.53.